The summed E-state index contributed by atoms with van der Waals surface area (Å²) in [5, 5.41) is 0. The van der Waals surface area contributed by atoms with Gasteiger partial charge in [-0.2, -0.15) is 0 Å². The van der Waals surface area contributed by atoms with E-state index < -0.39 is 17.5 Å². The topological polar surface area (TPSA) is 73.3 Å². The molecule has 19 heavy (non-hydrogen) atoms. The summed E-state index contributed by atoms with van der Waals surface area (Å²) in [6.07, 6.45) is 1.58. The number of hydrogen-bond acceptors (Lipinski definition) is 4. The molecule has 1 aromatic heterocycles. The Balaban J connectivity index is 2.44. The van der Waals surface area contributed by atoms with Crippen molar-refractivity contribution >= 4 is 15.9 Å². The van der Waals surface area contributed by atoms with Gasteiger partial charge in [-0.25, -0.2) is 4.79 Å². The number of aromatic amines is 1. The summed E-state index contributed by atoms with van der Waals surface area (Å²) < 4.78 is 13.0. The fraction of sp³-hybridized carbons (Fsp3) is 0.667. The van der Waals surface area contributed by atoms with Crippen molar-refractivity contribution in [2.75, 3.05) is 7.11 Å². The van der Waals surface area contributed by atoms with Crippen LogP contribution in [0.4, 0.5) is 0 Å². The minimum absolute atomic E-state index is 0.0348. The van der Waals surface area contributed by atoms with Crippen LogP contribution in [0.15, 0.2) is 20.3 Å². The van der Waals surface area contributed by atoms with E-state index in [1.54, 1.807) is 7.11 Å². The second kappa shape index (κ2) is 5.60. The lowest BCUT2D eigenvalue weighted by Crippen LogP contribution is -2.37. The maximum Gasteiger partial charge on any atom is 0.330 e. The van der Waals surface area contributed by atoms with Gasteiger partial charge in [-0.3, -0.25) is 14.3 Å². The van der Waals surface area contributed by atoms with Crippen molar-refractivity contribution in [2.24, 2.45) is 5.92 Å². The third-order valence-corrected chi connectivity index (χ3v) is 4.14. The standard InChI is InChI=1S/C12H17BrN2O4/c1-4-8-6(2)9(18-3)11(19-8)15-5-7(13)10(16)14-12(15)17/h5-6,8-9,11H,4H2,1-3H3,(H,14,16,17)/t6-,8+,9?,11+/m0/s1. The van der Waals surface area contributed by atoms with E-state index in [1.807, 2.05) is 13.8 Å². The zero-order valence-corrected chi connectivity index (χ0v) is 12.6. The second-order valence-electron chi connectivity index (χ2n) is 4.68. The average Bonchev–Trinajstić information content (AvgIpc) is 2.70. The Labute approximate surface area is 118 Å². The van der Waals surface area contributed by atoms with Gasteiger partial charge in [-0.05, 0) is 22.4 Å². The molecule has 1 unspecified atom stereocenters. The minimum atomic E-state index is -0.523. The second-order valence-corrected chi connectivity index (χ2v) is 5.53. The highest BCUT2D eigenvalue weighted by Crippen LogP contribution is 2.36. The molecule has 0 radical (unpaired) electrons. The van der Waals surface area contributed by atoms with Crippen molar-refractivity contribution in [3.63, 3.8) is 0 Å². The van der Waals surface area contributed by atoms with Gasteiger partial charge in [-0.15, -0.1) is 0 Å². The van der Waals surface area contributed by atoms with E-state index in [2.05, 4.69) is 20.9 Å². The quantitative estimate of drug-likeness (QED) is 0.904. The smallest absolute Gasteiger partial charge is 0.330 e. The van der Waals surface area contributed by atoms with Gasteiger partial charge < -0.3 is 9.47 Å². The number of methoxy groups -OCH3 is 1. The first kappa shape index (κ1) is 14.5. The van der Waals surface area contributed by atoms with Gasteiger partial charge in [0.25, 0.3) is 5.56 Å². The highest BCUT2D eigenvalue weighted by molar-refractivity contribution is 9.10. The van der Waals surface area contributed by atoms with Crippen LogP contribution < -0.4 is 11.2 Å². The summed E-state index contributed by atoms with van der Waals surface area (Å²) in [7, 11) is 1.60. The Kier molecular flexibility index (Phi) is 4.27. The first-order chi connectivity index (χ1) is 8.99. The molecule has 1 saturated heterocycles. The Morgan fingerprint density at radius 2 is 2.21 bits per heavy atom. The SMILES string of the molecule is CC[C@H]1O[C@@H](n2cc(Br)c(=O)[nH]c2=O)C(OC)[C@H]1C. The molecule has 0 aliphatic carbocycles. The van der Waals surface area contributed by atoms with E-state index in [4.69, 9.17) is 9.47 Å². The molecule has 0 bridgehead atoms. The minimum Gasteiger partial charge on any atom is -0.376 e. The van der Waals surface area contributed by atoms with Crippen LogP contribution in [0.3, 0.4) is 0 Å². The summed E-state index contributed by atoms with van der Waals surface area (Å²) >= 11 is 3.12. The van der Waals surface area contributed by atoms with Crippen molar-refractivity contribution in [3.8, 4) is 0 Å². The molecular weight excluding hydrogens is 316 g/mol. The lowest BCUT2D eigenvalue weighted by atomic mass is 9.98. The third-order valence-electron chi connectivity index (χ3n) is 3.57. The predicted molar refractivity (Wildman–Crippen MR) is 73.2 cm³/mol. The highest BCUT2D eigenvalue weighted by atomic mass is 79.9. The van der Waals surface area contributed by atoms with E-state index in [9.17, 15) is 9.59 Å². The fourth-order valence-electron chi connectivity index (χ4n) is 2.52. The molecule has 2 rings (SSSR count). The van der Waals surface area contributed by atoms with Crippen molar-refractivity contribution in [2.45, 2.75) is 38.7 Å². The van der Waals surface area contributed by atoms with Crippen LogP contribution in [0.2, 0.25) is 0 Å². The molecule has 1 fully saturated rings. The van der Waals surface area contributed by atoms with Crippen molar-refractivity contribution in [3.05, 3.63) is 31.5 Å². The number of nitrogens with one attached hydrogen (secondary N) is 1. The van der Waals surface area contributed by atoms with Crippen LogP contribution in [-0.4, -0.2) is 28.9 Å². The van der Waals surface area contributed by atoms with Crippen molar-refractivity contribution in [1.82, 2.24) is 9.55 Å². The van der Waals surface area contributed by atoms with Crippen LogP contribution in [0.25, 0.3) is 0 Å². The molecule has 0 amide bonds. The van der Waals surface area contributed by atoms with E-state index >= 15 is 0 Å². The highest BCUT2D eigenvalue weighted by Gasteiger charge is 2.42. The molecular formula is C12H17BrN2O4. The molecule has 6 nitrogen and oxygen atoms in total. The van der Waals surface area contributed by atoms with E-state index in [-0.39, 0.29) is 22.6 Å². The van der Waals surface area contributed by atoms with Gasteiger partial charge in [0.05, 0.1) is 10.6 Å². The molecule has 1 N–H and O–H groups in total. The predicted octanol–water partition coefficient (Wildman–Crippen LogP) is 1.26. The molecule has 0 spiro atoms. The van der Waals surface area contributed by atoms with Crippen LogP contribution in [-0.2, 0) is 9.47 Å². The van der Waals surface area contributed by atoms with Gasteiger partial charge in [-0.1, -0.05) is 13.8 Å². The van der Waals surface area contributed by atoms with Crippen LogP contribution in [0.1, 0.15) is 26.5 Å². The number of rotatable bonds is 3. The first-order valence-electron chi connectivity index (χ1n) is 6.18. The lowest BCUT2D eigenvalue weighted by molar-refractivity contribution is -0.0531. The Morgan fingerprint density at radius 3 is 2.79 bits per heavy atom. The summed E-state index contributed by atoms with van der Waals surface area (Å²) in [5.74, 6) is 0.178. The zero-order valence-electron chi connectivity index (χ0n) is 11.1. The summed E-state index contributed by atoms with van der Waals surface area (Å²) in [5.41, 5.74) is -0.947. The van der Waals surface area contributed by atoms with E-state index in [0.29, 0.717) is 0 Å². The molecule has 106 valence electrons. The number of aromatic nitrogens is 2. The number of ether oxygens (including phenoxy) is 2. The van der Waals surface area contributed by atoms with Gasteiger partial charge in [0.15, 0.2) is 6.23 Å². The maximum atomic E-state index is 11.9. The van der Waals surface area contributed by atoms with Gasteiger partial charge in [0.2, 0.25) is 0 Å². The number of hydrogen-bond donors (Lipinski definition) is 1. The summed E-state index contributed by atoms with van der Waals surface area (Å²) in [6.45, 7) is 4.07. The summed E-state index contributed by atoms with van der Waals surface area (Å²) in [4.78, 5) is 25.5. The molecule has 1 aliphatic heterocycles. The number of halogens is 1. The Morgan fingerprint density at radius 1 is 1.53 bits per heavy atom. The van der Waals surface area contributed by atoms with Crippen molar-refractivity contribution in [1.29, 1.82) is 0 Å². The van der Waals surface area contributed by atoms with Gasteiger partial charge >= 0.3 is 5.69 Å². The molecule has 1 aliphatic rings. The molecule has 7 heteroatoms. The normalized spacial score (nSPS) is 30.7. The fourth-order valence-corrected chi connectivity index (χ4v) is 2.84. The monoisotopic (exact) mass is 332 g/mol. The van der Waals surface area contributed by atoms with Crippen LogP contribution in [0, 0.1) is 5.92 Å². The van der Waals surface area contributed by atoms with E-state index in [0.717, 1.165) is 6.42 Å². The van der Waals surface area contributed by atoms with Crippen LogP contribution in [0.5, 0.6) is 0 Å². The van der Waals surface area contributed by atoms with Gasteiger partial charge in [0, 0.05) is 19.2 Å². The molecule has 2 heterocycles. The van der Waals surface area contributed by atoms with E-state index in [1.165, 1.54) is 10.8 Å². The first-order valence-corrected chi connectivity index (χ1v) is 6.98. The maximum absolute atomic E-state index is 11.9. The van der Waals surface area contributed by atoms with Crippen molar-refractivity contribution < 1.29 is 9.47 Å². The average molecular weight is 333 g/mol. The molecule has 4 atom stereocenters. The largest absolute Gasteiger partial charge is 0.376 e. The Hall–Kier alpha value is -0.920. The molecule has 1 aromatic rings. The molecule has 0 saturated carbocycles. The lowest BCUT2D eigenvalue weighted by Gasteiger charge is -2.21. The summed E-state index contributed by atoms with van der Waals surface area (Å²) in [6, 6.07) is 0. The number of H-pyrrole nitrogens is 1. The number of nitrogens with zero attached hydrogens (tertiary/aromatic N) is 1. The third kappa shape index (κ3) is 2.54. The molecule has 0 aromatic carbocycles. The van der Waals surface area contributed by atoms with Crippen LogP contribution >= 0.6 is 15.9 Å². The zero-order chi connectivity index (χ0) is 14.2. The Bertz CT molecular complexity index is 568. The van der Waals surface area contributed by atoms with Gasteiger partial charge in [0.1, 0.15) is 6.10 Å².